The number of methoxy groups -OCH3 is 1. The van der Waals surface area contributed by atoms with Gasteiger partial charge in [0.15, 0.2) is 0 Å². The molecule has 0 radical (unpaired) electrons. The van der Waals surface area contributed by atoms with E-state index < -0.39 is 11.7 Å². The minimum Gasteiger partial charge on any atom is -0.377 e. The molecule has 1 N–H and O–H groups in total. The number of benzene rings is 2. The molecule has 0 bridgehead atoms. The van der Waals surface area contributed by atoms with E-state index in [1.54, 1.807) is 17.0 Å². The summed E-state index contributed by atoms with van der Waals surface area (Å²) in [6.07, 6.45) is 0. The molecule has 29 heavy (non-hydrogen) atoms. The lowest BCUT2D eigenvalue weighted by Gasteiger charge is -2.29. The Balaban J connectivity index is 2.30. The molecule has 0 saturated heterocycles. The van der Waals surface area contributed by atoms with Crippen molar-refractivity contribution < 1.29 is 18.7 Å². The zero-order chi connectivity index (χ0) is 21.6. The molecule has 0 aromatic heterocycles. The number of carbonyl (C=O) groups is 2. The predicted molar refractivity (Wildman–Crippen MR) is 113 cm³/mol. The van der Waals surface area contributed by atoms with Gasteiger partial charge in [-0.1, -0.05) is 6.07 Å². The van der Waals surface area contributed by atoms with Crippen LogP contribution in [0, 0.1) is 5.82 Å². The van der Waals surface area contributed by atoms with Crippen molar-refractivity contribution in [2.24, 2.45) is 0 Å². The monoisotopic (exact) mass is 401 g/mol. The Morgan fingerprint density at radius 1 is 1.14 bits per heavy atom. The second-order valence-electron chi connectivity index (χ2n) is 7.25. The SMILES string of the molecule is COCC(=O)N(Cc1cc(NC(=O)c2cccc(F)c2)ccc1N(C)C)C(C)C. The van der Waals surface area contributed by atoms with Crippen molar-refractivity contribution in [3.8, 4) is 0 Å². The van der Waals surface area contributed by atoms with Crippen LogP contribution in [-0.2, 0) is 16.1 Å². The minimum absolute atomic E-state index is 0.00543. The fraction of sp³-hybridized carbons (Fsp3) is 0.364. The minimum atomic E-state index is -0.467. The van der Waals surface area contributed by atoms with Crippen LogP contribution in [0.15, 0.2) is 42.5 Å². The van der Waals surface area contributed by atoms with Gasteiger partial charge >= 0.3 is 0 Å². The van der Waals surface area contributed by atoms with Crippen LogP contribution >= 0.6 is 0 Å². The zero-order valence-electron chi connectivity index (χ0n) is 17.5. The largest absolute Gasteiger partial charge is 0.377 e. The Hall–Kier alpha value is -2.93. The van der Waals surface area contributed by atoms with Crippen molar-refractivity contribution in [2.75, 3.05) is 38.0 Å². The summed E-state index contributed by atoms with van der Waals surface area (Å²) in [6, 6.07) is 11.0. The van der Waals surface area contributed by atoms with E-state index in [1.165, 1.54) is 25.3 Å². The number of rotatable bonds is 8. The van der Waals surface area contributed by atoms with E-state index in [0.29, 0.717) is 12.2 Å². The highest BCUT2D eigenvalue weighted by molar-refractivity contribution is 6.04. The molecule has 2 aromatic rings. The summed E-state index contributed by atoms with van der Waals surface area (Å²) in [5, 5.41) is 2.80. The van der Waals surface area contributed by atoms with Gasteiger partial charge in [0.05, 0.1) is 0 Å². The maximum atomic E-state index is 13.4. The lowest BCUT2D eigenvalue weighted by Crippen LogP contribution is -2.39. The van der Waals surface area contributed by atoms with E-state index in [0.717, 1.165) is 11.3 Å². The van der Waals surface area contributed by atoms with Crippen LogP contribution in [0.4, 0.5) is 15.8 Å². The third-order valence-corrected chi connectivity index (χ3v) is 4.46. The smallest absolute Gasteiger partial charge is 0.255 e. The molecule has 0 aliphatic carbocycles. The number of anilines is 2. The molecule has 0 atom stereocenters. The van der Waals surface area contributed by atoms with Crippen LogP contribution < -0.4 is 10.2 Å². The molecule has 0 heterocycles. The molecule has 0 aliphatic rings. The van der Waals surface area contributed by atoms with Crippen molar-refractivity contribution in [1.29, 1.82) is 0 Å². The first kappa shape index (κ1) is 22.4. The molecule has 0 saturated carbocycles. The van der Waals surface area contributed by atoms with Crippen LogP contribution in [0.25, 0.3) is 0 Å². The number of hydrogen-bond donors (Lipinski definition) is 1. The van der Waals surface area contributed by atoms with E-state index in [4.69, 9.17) is 4.74 Å². The quantitative estimate of drug-likeness (QED) is 0.735. The third kappa shape index (κ3) is 6.02. The van der Waals surface area contributed by atoms with Crippen LogP contribution in [0.5, 0.6) is 0 Å². The number of amides is 2. The molecule has 2 rings (SSSR count). The van der Waals surface area contributed by atoms with Gasteiger partial charge in [-0.2, -0.15) is 0 Å². The number of carbonyl (C=O) groups excluding carboxylic acids is 2. The van der Waals surface area contributed by atoms with Crippen molar-refractivity contribution in [3.63, 3.8) is 0 Å². The highest BCUT2D eigenvalue weighted by Crippen LogP contribution is 2.25. The van der Waals surface area contributed by atoms with Gasteiger partial charge in [0.25, 0.3) is 5.91 Å². The fourth-order valence-corrected chi connectivity index (χ4v) is 3.01. The maximum absolute atomic E-state index is 13.4. The van der Waals surface area contributed by atoms with Crippen LogP contribution in [-0.4, -0.2) is 50.6 Å². The van der Waals surface area contributed by atoms with Gasteiger partial charge in [-0.25, -0.2) is 4.39 Å². The van der Waals surface area contributed by atoms with E-state index in [1.807, 2.05) is 45.0 Å². The Labute approximate surface area is 171 Å². The summed E-state index contributed by atoms with van der Waals surface area (Å²) < 4.78 is 18.4. The van der Waals surface area contributed by atoms with Crippen molar-refractivity contribution in [3.05, 3.63) is 59.4 Å². The maximum Gasteiger partial charge on any atom is 0.255 e. The van der Waals surface area contributed by atoms with Crippen molar-refractivity contribution in [1.82, 2.24) is 4.90 Å². The number of hydrogen-bond acceptors (Lipinski definition) is 4. The number of nitrogens with one attached hydrogen (secondary N) is 1. The Morgan fingerprint density at radius 3 is 2.45 bits per heavy atom. The normalized spacial score (nSPS) is 10.7. The topological polar surface area (TPSA) is 61.9 Å². The standard InChI is InChI=1S/C22H28FN3O3/c1-15(2)26(21(27)14-29-5)13-17-12-19(9-10-20(17)25(3)4)24-22(28)16-7-6-8-18(23)11-16/h6-12,15H,13-14H2,1-5H3,(H,24,28). The summed E-state index contributed by atoms with van der Waals surface area (Å²) in [4.78, 5) is 28.6. The molecule has 2 amide bonds. The Morgan fingerprint density at radius 2 is 1.86 bits per heavy atom. The van der Waals surface area contributed by atoms with Crippen LogP contribution in [0.3, 0.4) is 0 Å². The van der Waals surface area contributed by atoms with Crippen molar-refractivity contribution >= 4 is 23.2 Å². The number of nitrogens with zero attached hydrogens (tertiary/aromatic N) is 2. The van der Waals surface area contributed by atoms with E-state index >= 15 is 0 Å². The summed E-state index contributed by atoms with van der Waals surface area (Å²) >= 11 is 0. The summed E-state index contributed by atoms with van der Waals surface area (Å²) in [5.41, 5.74) is 2.62. The molecule has 0 unspecified atom stereocenters. The lowest BCUT2D eigenvalue weighted by atomic mass is 10.1. The summed E-state index contributed by atoms with van der Waals surface area (Å²) in [7, 11) is 5.32. The van der Waals surface area contributed by atoms with Gasteiger partial charge in [-0.3, -0.25) is 9.59 Å². The van der Waals surface area contributed by atoms with Crippen LogP contribution in [0.2, 0.25) is 0 Å². The highest BCUT2D eigenvalue weighted by Gasteiger charge is 2.20. The van der Waals surface area contributed by atoms with E-state index in [-0.39, 0.29) is 24.1 Å². The molecule has 0 spiro atoms. The fourth-order valence-electron chi connectivity index (χ4n) is 3.01. The lowest BCUT2D eigenvalue weighted by molar-refractivity contribution is -0.137. The molecule has 0 fully saturated rings. The molecule has 2 aromatic carbocycles. The number of ether oxygens (including phenoxy) is 1. The first-order valence-corrected chi connectivity index (χ1v) is 9.38. The molecule has 7 heteroatoms. The molecule has 0 aliphatic heterocycles. The highest BCUT2D eigenvalue weighted by atomic mass is 19.1. The average Bonchev–Trinajstić information content (AvgIpc) is 2.65. The Bertz CT molecular complexity index is 868. The van der Waals surface area contributed by atoms with Crippen molar-refractivity contribution in [2.45, 2.75) is 26.4 Å². The van der Waals surface area contributed by atoms with Crippen LogP contribution in [0.1, 0.15) is 29.8 Å². The van der Waals surface area contributed by atoms with Gasteiger partial charge in [0.2, 0.25) is 5.91 Å². The van der Waals surface area contributed by atoms with Gasteiger partial charge in [0.1, 0.15) is 12.4 Å². The average molecular weight is 401 g/mol. The van der Waals surface area contributed by atoms with E-state index in [9.17, 15) is 14.0 Å². The third-order valence-electron chi connectivity index (χ3n) is 4.46. The first-order valence-electron chi connectivity index (χ1n) is 9.38. The van der Waals surface area contributed by atoms with E-state index in [2.05, 4.69) is 5.32 Å². The summed E-state index contributed by atoms with van der Waals surface area (Å²) in [5.74, 6) is -0.976. The van der Waals surface area contributed by atoms with Gasteiger partial charge in [-0.05, 0) is 55.8 Å². The molecular weight excluding hydrogens is 373 g/mol. The predicted octanol–water partition coefficient (Wildman–Crippen LogP) is 3.53. The summed E-state index contributed by atoms with van der Waals surface area (Å²) in [6.45, 7) is 4.26. The van der Waals surface area contributed by atoms with Gasteiger partial charge < -0.3 is 19.9 Å². The first-order chi connectivity index (χ1) is 13.7. The van der Waals surface area contributed by atoms with Gasteiger partial charge in [-0.15, -0.1) is 0 Å². The number of halogens is 1. The second kappa shape index (κ2) is 10.0. The molecule has 6 nitrogen and oxygen atoms in total. The molecular formula is C22H28FN3O3. The Kier molecular flexibility index (Phi) is 7.73. The zero-order valence-corrected chi connectivity index (χ0v) is 17.5. The van der Waals surface area contributed by atoms with Gasteiger partial charge in [0, 0.05) is 50.7 Å². The molecule has 156 valence electrons. The second-order valence-corrected chi connectivity index (χ2v) is 7.25.